The van der Waals surface area contributed by atoms with E-state index in [1.165, 1.54) is 50.3 Å². The molecular formula is C21H25BrN4O8S. The summed E-state index contributed by atoms with van der Waals surface area (Å²) in [6.45, 7) is 5.00. The van der Waals surface area contributed by atoms with Gasteiger partial charge in [0.2, 0.25) is 0 Å². The predicted octanol–water partition coefficient (Wildman–Crippen LogP) is 1.97. The third-order valence-corrected chi connectivity index (χ3v) is 6.41. The van der Waals surface area contributed by atoms with Gasteiger partial charge in [-0.1, -0.05) is 17.0 Å². The van der Waals surface area contributed by atoms with Crippen molar-refractivity contribution in [2.75, 3.05) is 6.61 Å². The molecule has 3 heterocycles. The van der Waals surface area contributed by atoms with Crippen molar-refractivity contribution in [3.63, 3.8) is 0 Å². The summed E-state index contributed by atoms with van der Waals surface area (Å²) in [4.78, 5) is 40.5. The fourth-order valence-electron chi connectivity index (χ4n) is 3.50. The third kappa shape index (κ3) is 7.22. The Hall–Kier alpha value is -2.55. The van der Waals surface area contributed by atoms with Crippen LogP contribution in [0.15, 0.2) is 34.0 Å². The van der Waals surface area contributed by atoms with E-state index in [4.69, 9.17) is 18.9 Å². The first-order valence-corrected chi connectivity index (χ1v) is 12.2. The zero-order valence-electron chi connectivity index (χ0n) is 19.4. The second-order valence-electron chi connectivity index (χ2n) is 7.74. The maximum atomic E-state index is 12.1. The summed E-state index contributed by atoms with van der Waals surface area (Å²) in [6, 6.07) is 0.885. The maximum absolute atomic E-state index is 12.1. The molecular weight excluding hydrogens is 548 g/mol. The van der Waals surface area contributed by atoms with E-state index in [0.29, 0.717) is 4.90 Å². The normalized spacial score (nSPS) is 24.9. The molecule has 0 bridgehead atoms. The van der Waals surface area contributed by atoms with E-state index in [0.717, 1.165) is 4.47 Å². The van der Waals surface area contributed by atoms with Gasteiger partial charge in [-0.15, -0.1) is 5.10 Å². The van der Waals surface area contributed by atoms with Crippen molar-refractivity contribution < 1.29 is 38.4 Å². The number of nitrogens with zero attached hydrogens (tertiary/aromatic N) is 4. The molecule has 1 fully saturated rings. The van der Waals surface area contributed by atoms with Crippen LogP contribution in [0.4, 0.5) is 0 Å². The zero-order chi connectivity index (χ0) is 25.7. The van der Waals surface area contributed by atoms with Crippen LogP contribution in [0.25, 0.3) is 0 Å². The highest BCUT2D eigenvalue weighted by atomic mass is 79.9. The number of carbonyl (C=O) groups excluding carboxylic acids is 3. The topological polar surface area (TPSA) is 152 Å². The number of pyridine rings is 1. The Morgan fingerprint density at radius 2 is 1.86 bits per heavy atom. The van der Waals surface area contributed by atoms with Crippen LogP contribution < -0.4 is 0 Å². The number of aromatic nitrogens is 4. The van der Waals surface area contributed by atoms with E-state index in [2.05, 4.69) is 31.2 Å². The lowest BCUT2D eigenvalue weighted by atomic mass is 9.96. The highest BCUT2D eigenvalue weighted by Gasteiger charge is 2.52. The van der Waals surface area contributed by atoms with E-state index in [1.807, 2.05) is 0 Å². The van der Waals surface area contributed by atoms with E-state index in [9.17, 15) is 19.5 Å². The molecule has 6 unspecified atom stereocenters. The average Bonchev–Trinajstić information content (AvgIpc) is 3.24. The Kier molecular flexibility index (Phi) is 9.21. The van der Waals surface area contributed by atoms with Crippen molar-refractivity contribution in [2.45, 2.75) is 68.5 Å². The van der Waals surface area contributed by atoms with Crippen molar-refractivity contribution in [1.29, 1.82) is 0 Å². The molecule has 1 saturated heterocycles. The quantitative estimate of drug-likeness (QED) is 0.363. The highest BCUT2D eigenvalue weighted by Crippen LogP contribution is 2.41. The summed E-state index contributed by atoms with van der Waals surface area (Å²) in [5, 5.41) is 18.0. The standard InChI is InChI=1S/C21H25BrN4O8S/c1-10(27)16-8-26(25-24-16)18-19(32-12(3)29)17(9-31-11(2)28)34-21(20(18)33-13(4)30)35-15-5-14(22)6-23-7-15/h5-8,10,17-21,27H,9H2,1-4H3. The van der Waals surface area contributed by atoms with Gasteiger partial charge >= 0.3 is 17.9 Å². The van der Waals surface area contributed by atoms with Crippen LogP contribution in [0.5, 0.6) is 0 Å². The minimum absolute atomic E-state index is 0.234. The van der Waals surface area contributed by atoms with Crippen LogP contribution in [0.1, 0.15) is 45.5 Å². The van der Waals surface area contributed by atoms with E-state index < -0.39 is 53.8 Å². The zero-order valence-corrected chi connectivity index (χ0v) is 21.8. The van der Waals surface area contributed by atoms with Crippen LogP contribution in [-0.2, 0) is 33.3 Å². The van der Waals surface area contributed by atoms with Crippen LogP contribution >= 0.6 is 27.7 Å². The van der Waals surface area contributed by atoms with Crippen molar-refractivity contribution in [1.82, 2.24) is 20.0 Å². The number of aliphatic hydroxyl groups excluding tert-OH is 1. The van der Waals surface area contributed by atoms with Gasteiger partial charge in [0.05, 0.1) is 12.3 Å². The number of hydrogen-bond donors (Lipinski definition) is 1. The fourth-order valence-corrected chi connectivity index (χ4v) is 5.15. The average molecular weight is 573 g/mol. The third-order valence-electron chi connectivity index (χ3n) is 4.87. The SMILES string of the molecule is CC(=O)OCC1OC(Sc2cncc(Br)c2)C(OC(C)=O)C(n2cc(C(C)O)nn2)C1OC(C)=O. The first kappa shape index (κ1) is 27.0. The fraction of sp³-hybridized carbons (Fsp3) is 0.524. The monoisotopic (exact) mass is 572 g/mol. The van der Waals surface area contributed by atoms with Crippen molar-refractivity contribution in [3.8, 4) is 0 Å². The molecule has 2 aromatic heterocycles. The van der Waals surface area contributed by atoms with Crippen molar-refractivity contribution in [2.24, 2.45) is 0 Å². The number of esters is 3. The number of thioether (sulfide) groups is 1. The van der Waals surface area contributed by atoms with Crippen LogP contribution in [-0.4, -0.2) is 73.3 Å². The Balaban J connectivity index is 2.09. The van der Waals surface area contributed by atoms with Crippen LogP contribution in [0.3, 0.4) is 0 Å². The molecule has 1 N–H and O–H groups in total. The lowest BCUT2D eigenvalue weighted by Crippen LogP contribution is -2.57. The summed E-state index contributed by atoms with van der Waals surface area (Å²) >= 11 is 4.59. The second-order valence-corrected chi connectivity index (χ2v) is 9.83. The van der Waals surface area contributed by atoms with Gasteiger partial charge < -0.3 is 24.1 Å². The molecule has 12 nitrogen and oxygen atoms in total. The van der Waals surface area contributed by atoms with Gasteiger partial charge in [-0.3, -0.25) is 19.4 Å². The number of halogens is 1. The minimum Gasteiger partial charge on any atom is -0.463 e. The Morgan fingerprint density at radius 1 is 1.17 bits per heavy atom. The second kappa shape index (κ2) is 11.9. The Labute approximate surface area is 213 Å². The largest absolute Gasteiger partial charge is 0.463 e. The van der Waals surface area contributed by atoms with Gasteiger partial charge in [0.25, 0.3) is 0 Å². The summed E-state index contributed by atoms with van der Waals surface area (Å²) in [5.74, 6) is -1.78. The molecule has 0 amide bonds. The molecule has 3 rings (SSSR count). The maximum Gasteiger partial charge on any atom is 0.303 e. The van der Waals surface area contributed by atoms with Gasteiger partial charge in [-0.2, -0.15) is 0 Å². The summed E-state index contributed by atoms with van der Waals surface area (Å²) in [5.41, 5.74) is -0.580. The number of hydrogen-bond acceptors (Lipinski definition) is 12. The molecule has 6 atom stereocenters. The molecule has 1 aliphatic heterocycles. The Bertz CT molecular complexity index is 1070. The van der Waals surface area contributed by atoms with E-state index in [1.54, 1.807) is 18.5 Å². The van der Waals surface area contributed by atoms with Crippen LogP contribution in [0, 0.1) is 0 Å². The molecule has 0 aromatic carbocycles. The molecule has 14 heteroatoms. The van der Waals surface area contributed by atoms with Gasteiger partial charge in [0.15, 0.2) is 12.2 Å². The summed E-state index contributed by atoms with van der Waals surface area (Å²) in [7, 11) is 0. The molecule has 1 aliphatic rings. The predicted molar refractivity (Wildman–Crippen MR) is 124 cm³/mol. The van der Waals surface area contributed by atoms with Crippen molar-refractivity contribution >= 4 is 45.6 Å². The summed E-state index contributed by atoms with van der Waals surface area (Å²) < 4.78 is 24.7. The molecule has 190 valence electrons. The summed E-state index contributed by atoms with van der Waals surface area (Å²) in [6.07, 6.45) is 0.757. The molecule has 35 heavy (non-hydrogen) atoms. The number of carbonyl (C=O) groups is 3. The van der Waals surface area contributed by atoms with Crippen molar-refractivity contribution in [3.05, 3.63) is 34.8 Å². The molecule has 0 radical (unpaired) electrons. The van der Waals surface area contributed by atoms with Crippen LogP contribution in [0.2, 0.25) is 0 Å². The minimum atomic E-state index is -1.07. The number of rotatable bonds is 8. The first-order valence-electron chi connectivity index (χ1n) is 10.6. The smallest absolute Gasteiger partial charge is 0.303 e. The molecule has 0 saturated carbocycles. The number of ether oxygens (including phenoxy) is 4. The number of aliphatic hydroxyl groups is 1. The van der Waals surface area contributed by atoms with Gasteiger partial charge in [-0.25, -0.2) is 4.68 Å². The lowest BCUT2D eigenvalue weighted by molar-refractivity contribution is -0.212. The Morgan fingerprint density at radius 3 is 2.43 bits per heavy atom. The van der Waals surface area contributed by atoms with Gasteiger partial charge in [-0.05, 0) is 28.9 Å². The lowest BCUT2D eigenvalue weighted by Gasteiger charge is -2.44. The molecule has 2 aromatic rings. The van der Waals surface area contributed by atoms with Gasteiger partial charge in [0.1, 0.15) is 29.9 Å². The van der Waals surface area contributed by atoms with E-state index in [-0.39, 0.29) is 12.3 Å². The molecule has 0 spiro atoms. The first-order chi connectivity index (χ1) is 16.5. The van der Waals surface area contributed by atoms with E-state index >= 15 is 0 Å². The highest BCUT2D eigenvalue weighted by molar-refractivity contribution is 9.10. The van der Waals surface area contributed by atoms with Gasteiger partial charge in [0, 0.05) is 42.5 Å². The molecule has 0 aliphatic carbocycles.